The van der Waals surface area contributed by atoms with Gasteiger partial charge < -0.3 is 15.3 Å². The normalized spacial score (nSPS) is 17.8. The van der Waals surface area contributed by atoms with Crippen molar-refractivity contribution in [2.24, 2.45) is 5.92 Å². The molecule has 136 valence electrons. The van der Waals surface area contributed by atoms with Gasteiger partial charge in [0.05, 0.1) is 6.20 Å². The molecule has 1 aliphatic rings. The molecule has 0 spiro atoms. The van der Waals surface area contributed by atoms with Crippen LogP contribution in [-0.4, -0.2) is 58.1 Å². The first-order chi connectivity index (χ1) is 11.3. The van der Waals surface area contributed by atoms with Crippen LogP contribution in [-0.2, 0) is 6.42 Å². The van der Waals surface area contributed by atoms with Crippen molar-refractivity contribution in [3.63, 3.8) is 0 Å². The Morgan fingerprint density at radius 3 is 2.71 bits per heavy atom. The number of aliphatic hydroxyl groups excluding tert-OH is 1. The first-order valence-corrected chi connectivity index (χ1v) is 8.05. The molecule has 2 rings (SSSR count). The average molecular weight is 348 g/mol. The zero-order valence-corrected chi connectivity index (χ0v) is 13.6. The molecule has 0 radical (unpaired) electrons. The molecular formula is C15H23F3N4O2. The van der Waals surface area contributed by atoms with E-state index in [9.17, 15) is 23.1 Å². The number of H-pyrrole nitrogens is 1. The summed E-state index contributed by atoms with van der Waals surface area (Å²) in [5.74, 6) is -0.835. The number of aromatic amines is 1. The number of rotatable bonds is 5. The van der Waals surface area contributed by atoms with Crippen molar-refractivity contribution in [3.05, 3.63) is 17.5 Å². The van der Waals surface area contributed by atoms with Gasteiger partial charge in [-0.3, -0.25) is 5.10 Å². The number of nitrogens with one attached hydrogen (secondary N) is 2. The first kappa shape index (κ1) is 18.6. The maximum atomic E-state index is 12.5. The molecule has 1 fully saturated rings. The highest BCUT2D eigenvalue weighted by Gasteiger charge is 2.44. The van der Waals surface area contributed by atoms with Crippen LogP contribution in [0.15, 0.2) is 6.20 Å². The summed E-state index contributed by atoms with van der Waals surface area (Å²) in [5.41, 5.74) is 2.11. The van der Waals surface area contributed by atoms with Gasteiger partial charge >= 0.3 is 12.2 Å². The molecule has 9 heteroatoms. The summed E-state index contributed by atoms with van der Waals surface area (Å²) < 4.78 is 37.5. The van der Waals surface area contributed by atoms with E-state index < -0.39 is 18.2 Å². The highest BCUT2D eigenvalue weighted by molar-refractivity contribution is 5.74. The highest BCUT2D eigenvalue weighted by Crippen LogP contribution is 2.31. The van der Waals surface area contributed by atoms with Gasteiger partial charge in [-0.1, -0.05) is 0 Å². The number of halogens is 3. The minimum Gasteiger partial charge on any atom is -0.383 e. The van der Waals surface area contributed by atoms with Crippen molar-refractivity contribution in [2.75, 3.05) is 19.6 Å². The van der Waals surface area contributed by atoms with Crippen LogP contribution in [0.2, 0.25) is 0 Å². The number of urea groups is 1. The molecule has 24 heavy (non-hydrogen) atoms. The lowest BCUT2D eigenvalue weighted by molar-refractivity contribution is -0.222. The maximum absolute atomic E-state index is 12.5. The lowest BCUT2D eigenvalue weighted by atomic mass is 9.91. The lowest BCUT2D eigenvalue weighted by Gasteiger charge is -2.34. The Balaban J connectivity index is 1.66. The summed E-state index contributed by atoms with van der Waals surface area (Å²) in [7, 11) is 0. The Morgan fingerprint density at radius 1 is 1.50 bits per heavy atom. The largest absolute Gasteiger partial charge is 0.414 e. The second-order valence-corrected chi connectivity index (χ2v) is 6.17. The van der Waals surface area contributed by atoms with Crippen LogP contribution >= 0.6 is 0 Å². The second kappa shape index (κ2) is 7.87. The summed E-state index contributed by atoms with van der Waals surface area (Å²) in [4.78, 5) is 13.5. The smallest absolute Gasteiger partial charge is 0.383 e. The van der Waals surface area contributed by atoms with Crippen LogP contribution < -0.4 is 5.32 Å². The molecule has 1 aromatic heterocycles. The number of piperidine rings is 1. The fourth-order valence-corrected chi connectivity index (χ4v) is 2.90. The van der Waals surface area contributed by atoms with Crippen LogP contribution in [0.1, 0.15) is 30.5 Å². The van der Waals surface area contributed by atoms with E-state index in [2.05, 4.69) is 15.5 Å². The standard InChI is InChI=1S/C15H23F3N4O2/c1-10-12(9-20-21-10)3-2-6-19-14(24)22-7-4-11(5-8-22)13(23)15(16,17)18/h9,11,13,23H,2-8H2,1H3,(H,19,24)(H,20,21). The summed E-state index contributed by atoms with van der Waals surface area (Å²) in [6.45, 7) is 2.88. The van der Waals surface area contributed by atoms with Crippen LogP contribution in [0.5, 0.6) is 0 Å². The van der Waals surface area contributed by atoms with E-state index >= 15 is 0 Å². The molecule has 1 saturated heterocycles. The predicted octanol–water partition coefficient (Wildman–Crippen LogP) is 2.00. The Morgan fingerprint density at radius 2 is 2.17 bits per heavy atom. The van der Waals surface area contributed by atoms with Crippen molar-refractivity contribution in [2.45, 2.75) is 44.9 Å². The quantitative estimate of drug-likeness (QED) is 0.712. The average Bonchev–Trinajstić information content (AvgIpc) is 2.95. The fourth-order valence-electron chi connectivity index (χ4n) is 2.90. The Bertz CT molecular complexity index is 539. The van der Waals surface area contributed by atoms with Crippen molar-refractivity contribution in [1.29, 1.82) is 0 Å². The van der Waals surface area contributed by atoms with Crippen molar-refractivity contribution in [1.82, 2.24) is 20.4 Å². The third-order valence-corrected chi connectivity index (χ3v) is 4.44. The number of carbonyl (C=O) groups is 1. The zero-order valence-electron chi connectivity index (χ0n) is 13.6. The molecule has 1 aliphatic heterocycles. The summed E-state index contributed by atoms with van der Waals surface area (Å²) >= 11 is 0. The predicted molar refractivity (Wildman–Crippen MR) is 81.4 cm³/mol. The molecule has 0 saturated carbocycles. The number of carbonyl (C=O) groups excluding carboxylic acids is 1. The zero-order chi connectivity index (χ0) is 17.7. The third-order valence-electron chi connectivity index (χ3n) is 4.44. The van der Waals surface area contributed by atoms with E-state index in [4.69, 9.17) is 0 Å². The molecule has 0 aromatic carbocycles. The number of nitrogens with zero attached hydrogens (tertiary/aromatic N) is 2. The van der Waals surface area contributed by atoms with Gasteiger partial charge in [0, 0.05) is 25.3 Å². The molecule has 6 nitrogen and oxygen atoms in total. The number of aliphatic hydroxyl groups is 1. The van der Waals surface area contributed by atoms with Crippen LogP contribution in [0.3, 0.4) is 0 Å². The van der Waals surface area contributed by atoms with Gasteiger partial charge in [-0.05, 0) is 44.1 Å². The molecule has 2 heterocycles. The van der Waals surface area contributed by atoms with Crippen molar-refractivity contribution >= 4 is 6.03 Å². The Kier molecular flexibility index (Phi) is 6.09. The Labute approximate surface area is 138 Å². The van der Waals surface area contributed by atoms with Gasteiger partial charge in [0.25, 0.3) is 0 Å². The molecule has 1 atom stereocenters. The molecule has 0 bridgehead atoms. The number of amides is 2. The van der Waals surface area contributed by atoms with Crippen LogP contribution in [0.4, 0.5) is 18.0 Å². The van der Waals surface area contributed by atoms with Gasteiger partial charge in [-0.2, -0.15) is 18.3 Å². The molecule has 3 N–H and O–H groups in total. The lowest BCUT2D eigenvalue weighted by Crippen LogP contribution is -2.48. The molecular weight excluding hydrogens is 325 g/mol. The SMILES string of the molecule is Cc1[nH]ncc1CCCNC(=O)N1CCC(C(O)C(F)(F)F)CC1. The molecule has 0 aliphatic carbocycles. The maximum Gasteiger partial charge on any atom is 0.414 e. The number of likely N-dealkylation sites (tertiary alicyclic amines) is 1. The van der Waals surface area contributed by atoms with Crippen LogP contribution in [0.25, 0.3) is 0 Å². The van der Waals surface area contributed by atoms with E-state index in [-0.39, 0.29) is 32.0 Å². The molecule has 1 aromatic rings. The second-order valence-electron chi connectivity index (χ2n) is 6.17. The number of alkyl halides is 3. The summed E-state index contributed by atoms with van der Waals surface area (Å²) in [5, 5.41) is 18.8. The van der Waals surface area contributed by atoms with E-state index in [1.807, 2.05) is 6.92 Å². The number of aryl methyl sites for hydroxylation is 2. The number of aromatic nitrogens is 2. The van der Waals surface area contributed by atoms with Crippen molar-refractivity contribution < 1.29 is 23.1 Å². The monoisotopic (exact) mass is 348 g/mol. The molecule has 1 unspecified atom stereocenters. The van der Waals surface area contributed by atoms with Gasteiger partial charge in [-0.25, -0.2) is 4.79 Å². The number of hydrogen-bond donors (Lipinski definition) is 3. The van der Waals surface area contributed by atoms with E-state index in [1.165, 1.54) is 4.90 Å². The van der Waals surface area contributed by atoms with Gasteiger partial charge in [0.1, 0.15) is 0 Å². The van der Waals surface area contributed by atoms with Gasteiger partial charge in [-0.15, -0.1) is 0 Å². The van der Waals surface area contributed by atoms with E-state index in [0.717, 1.165) is 24.1 Å². The van der Waals surface area contributed by atoms with Gasteiger partial charge in [0.15, 0.2) is 6.10 Å². The topological polar surface area (TPSA) is 81.2 Å². The van der Waals surface area contributed by atoms with Gasteiger partial charge in [0.2, 0.25) is 0 Å². The van der Waals surface area contributed by atoms with E-state index in [1.54, 1.807) is 6.20 Å². The van der Waals surface area contributed by atoms with Crippen LogP contribution in [0, 0.1) is 12.8 Å². The summed E-state index contributed by atoms with van der Waals surface area (Å²) in [6.07, 6.45) is -3.28. The fraction of sp³-hybridized carbons (Fsp3) is 0.733. The minimum absolute atomic E-state index is 0.155. The Hall–Kier alpha value is -1.77. The van der Waals surface area contributed by atoms with Crippen molar-refractivity contribution in [3.8, 4) is 0 Å². The molecule has 2 amide bonds. The summed E-state index contributed by atoms with van der Waals surface area (Å²) in [6, 6.07) is -0.265. The highest BCUT2D eigenvalue weighted by atomic mass is 19.4. The number of hydrogen-bond acceptors (Lipinski definition) is 3. The third kappa shape index (κ3) is 4.86. The first-order valence-electron chi connectivity index (χ1n) is 8.05. The van der Waals surface area contributed by atoms with E-state index in [0.29, 0.717) is 6.54 Å². The minimum atomic E-state index is -4.60.